The number of urea groups is 1. The molecule has 0 radical (unpaired) electrons. The van der Waals surface area contributed by atoms with Gasteiger partial charge in [-0.25, -0.2) is 9.18 Å². The molecule has 0 spiro atoms. The summed E-state index contributed by atoms with van der Waals surface area (Å²) in [5.41, 5.74) is 4.18. The number of halogens is 1. The first-order valence-corrected chi connectivity index (χ1v) is 12.6. The van der Waals surface area contributed by atoms with Crippen molar-refractivity contribution in [2.24, 2.45) is 0 Å². The number of nitrogens with zero attached hydrogens (tertiary/aromatic N) is 4. The molecule has 0 bridgehead atoms. The van der Waals surface area contributed by atoms with E-state index in [1.165, 1.54) is 22.6 Å². The number of benzene rings is 2. The van der Waals surface area contributed by atoms with Gasteiger partial charge >= 0.3 is 6.03 Å². The van der Waals surface area contributed by atoms with Gasteiger partial charge in [0.15, 0.2) is 0 Å². The van der Waals surface area contributed by atoms with Crippen LogP contribution in [-0.4, -0.2) is 70.6 Å². The van der Waals surface area contributed by atoms with Crippen LogP contribution in [0.5, 0.6) is 0 Å². The van der Waals surface area contributed by atoms with Crippen LogP contribution in [0.25, 0.3) is 16.6 Å². The summed E-state index contributed by atoms with van der Waals surface area (Å²) in [6.45, 7) is 11.7. The molecule has 2 aliphatic heterocycles. The second kappa shape index (κ2) is 9.41. The Morgan fingerprint density at radius 2 is 1.76 bits per heavy atom. The number of amides is 2. The van der Waals surface area contributed by atoms with E-state index in [-0.39, 0.29) is 17.9 Å². The Balaban J connectivity index is 1.28. The zero-order chi connectivity index (χ0) is 23.8. The largest absolute Gasteiger partial charge is 0.322 e. The highest BCUT2D eigenvalue weighted by atomic mass is 19.1. The Morgan fingerprint density at radius 1 is 1.00 bits per heavy atom. The highest BCUT2D eigenvalue weighted by Gasteiger charge is 2.31. The fraction of sp³-hybridized carbons (Fsp3) is 0.464. The van der Waals surface area contributed by atoms with E-state index < -0.39 is 0 Å². The lowest BCUT2D eigenvalue weighted by Gasteiger charge is -2.33. The average Bonchev–Trinajstić information content (AvgIpc) is 3.38. The predicted molar refractivity (Wildman–Crippen MR) is 135 cm³/mol. The van der Waals surface area contributed by atoms with Crippen LogP contribution >= 0.6 is 0 Å². The van der Waals surface area contributed by atoms with Crippen LogP contribution in [0.15, 0.2) is 48.7 Å². The van der Waals surface area contributed by atoms with Gasteiger partial charge in [0.25, 0.3) is 0 Å². The van der Waals surface area contributed by atoms with Crippen LogP contribution in [0.2, 0.25) is 0 Å². The van der Waals surface area contributed by atoms with Gasteiger partial charge in [0.2, 0.25) is 0 Å². The lowest BCUT2D eigenvalue weighted by atomic mass is 9.89. The molecule has 180 valence electrons. The number of carbonyl (C=O) groups excluding carboxylic acids is 1. The maximum absolute atomic E-state index is 14.7. The summed E-state index contributed by atoms with van der Waals surface area (Å²) < 4.78 is 16.7. The number of aromatic nitrogens is 1. The van der Waals surface area contributed by atoms with Gasteiger partial charge in [-0.1, -0.05) is 24.3 Å². The van der Waals surface area contributed by atoms with Gasteiger partial charge in [0, 0.05) is 43.8 Å². The standard InChI is InChI=1S/C28H35FN4O/c1-20(2)32-17-16-31(28(32)34)15-14-30-12-10-22(11-13-30)24-19-33(26-7-5-4-6-25(26)29)27-18-21(3)8-9-23(24)27/h4-9,18-20,22H,10-17H2,1-3H3. The second-order valence-corrected chi connectivity index (χ2v) is 10.1. The van der Waals surface area contributed by atoms with E-state index >= 15 is 0 Å². The monoisotopic (exact) mass is 462 g/mol. The molecule has 2 aliphatic rings. The summed E-state index contributed by atoms with van der Waals surface area (Å²) in [6.07, 6.45) is 4.32. The molecule has 0 atom stereocenters. The average molecular weight is 463 g/mol. The quantitative estimate of drug-likeness (QED) is 0.491. The Labute approximate surface area is 201 Å². The van der Waals surface area contributed by atoms with E-state index in [0.29, 0.717) is 11.6 Å². The number of aryl methyl sites for hydroxylation is 1. The van der Waals surface area contributed by atoms with Crippen molar-refractivity contribution in [1.82, 2.24) is 19.3 Å². The third kappa shape index (κ3) is 4.31. The Morgan fingerprint density at radius 3 is 2.47 bits per heavy atom. The van der Waals surface area contributed by atoms with Crippen LogP contribution in [-0.2, 0) is 0 Å². The highest BCUT2D eigenvalue weighted by Crippen LogP contribution is 2.36. The van der Waals surface area contributed by atoms with Crippen molar-refractivity contribution in [3.8, 4) is 5.69 Å². The third-order valence-corrected chi connectivity index (χ3v) is 7.57. The number of piperidine rings is 1. The molecule has 2 aromatic carbocycles. The summed E-state index contributed by atoms with van der Waals surface area (Å²) in [6, 6.07) is 14.0. The molecule has 2 fully saturated rings. The van der Waals surface area contributed by atoms with Crippen molar-refractivity contribution in [3.63, 3.8) is 0 Å². The molecule has 0 aliphatic carbocycles. The Kier molecular flexibility index (Phi) is 6.34. The molecule has 0 saturated carbocycles. The molecule has 5 rings (SSSR count). The fourth-order valence-corrected chi connectivity index (χ4v) is 5.55. The maximum Gasteiger partial charge on any atom is 0.320 e. The first-order valence-electron chi connectivity index (χ1n) is 12.6. The highest BCUT2D eigenvalue weighted by molar-refractivity contribution is 5.87. The lowest BCUT2D eigenvalue weighted by Crippen LogP contribution is -2.41. The van der Waals surface area contributed by atoms with Crippen LogP contribution < -0.4 is 0 Å². The van der Waals surface area contributed by atoms with Crippen molar-refractivity contribution >= 4 is 16.9 Å². The molecule has 2 amide bonds. The summed E-state index contributed by atoms with van der Waals surface area (Å²) in [7, 11) is 0. The molecular weight excluding hydrogens is 427 g/mol. The van der Waals surface area contributed by atoms with Crippen molar-refractivity contribution in [3.05, 3.63) is 65.6 Å². The van der Waals surface area contributed by atoms with Gasteiger partial charge in [-0.15, -0.1) is 0 Å². The molecule has 6 heteroatoms. The van der Waals surface area contributed by atoms with Crippen molar-refractivity contribution in [1.29, 1.82) is 0 Å². The number of para-hydroxylation sites is 1. The van der Waals surface area contributed by atoms with Crippen LogP contribution in [0.4, 0.5) is 9.18 Å². The minimum Gasteiger partial charge on any atom is -0.322 e. The molecule has 2 saturated heterocycles. The van der Waals surface area contributed by atoms with Crippen LogP contribution in [0.1, 0.15) is 43.7 Å². The van der Waals surface area contributed by atoms with Gasteiger partial charge in [-0.2, -0.15) is 0 Å². The smallest absolute Gasteiger partial charge is 0.320 e. The minimum absolute atomic E-state index is 0.182. The first-order chi connectivity index (χ1) is 16.4. The van der Waals surface area contributed by atoms with E-state index in [4.69, 9.17) is 0 Å². The molecule has 3 aromatic rings. The fourth-order valence-electron chi connectivity index (χ4n) is 5.55. The van der Waals surface area contributed by atoms with Crippen molar-refractivity contribution in [2.75, 3.05) is 39.3 Å². The summed E-state index contributed by atoms with van der Waals surface area (Å²) in [5.74, 6) is 0.258. The lowest BCUT2D eigenvalue weighted by molar-refractivity contribution is 0.166. The summed E-state index contributed by atoms with van der Waals surface area (Å²) in [5, 5.41) is 1.23. The predicted octanol–water partition coefficient (Wildman–Crippen LogP) is 5.40. The van der Waals surface area contributed by atoms with E-state index in [1.54, 1.807) is 6.07 Å². The first kappa shape index (κ1) is 22.9. The summed E-state index contributed by atoms with van der Waals surface area (Å²) >= 11 is 0. The van der Waals surface area contributed by atoms with Crippen LogP contribution in [0.3, 0.4) is 0 Å². The van der Waals surface area contributed by atoms with Gasteiger partial charge < -0.3 is 19.3 Å². The minimum atomic E-state index is -0.199. The zero-order valence-corrected chi connectivity index (χ0v) is 20.5. The number of rotatable bonds is 6. The third-order valence-electron chi connectivity index (χ3n) is 7.57. The molecule has 0 N–H and O–H groups in total. The molecule has 5 nitrogen and oxygen atoms in total. The molecule has 3 heterocycles. The van der Waals surface area contributed by atoms with E-state index in [1.807, 2.05) is 26.5 Å². The molecule has 34 heavy (non-hydrogen) atoms. The van der Waals surface area contributed by atoms with E-state index in [0.717, 1.165) is 57.6 Å². The van der Waals surface area contributed by atoms with E-state index in [2.05, 4.69) is 50.1 Å². The van der Waals surface area contributed by atoms with Crippen LogP contribution in [0, 0.1) is 12.7 Å². The normalized spacial score (nSPS) is 18.1. The zero-order valence-electron chi connectivity index (χ0n) is 20.5. The van der Waals surface area contributed by atoms with Gasteiger partial charge in [0.1, 0.15) is 5.82 Å². The summed E-state index contributed by atoms with van der Waals surface area (Å²) in [4.78, 5) is 19.0. The second-order valence-electron chi connectivity index (χ2n) is 10.1. The van der Waals surface area contributed by atoms with E-state index in [9.17, 15) is 9.18 Å². The Hall–Kier alpha value is -2.86. The van der Waals surface area contributed by atoms with Gasteiger partial charge in [-0.05, 0) is 81.9 Å². The SMILES string of the molecule is Cc1ccc2c(C3CCN(CCN4CCN(C(C)C)C4=O)CC3)cn(-c3ccccc3F)c2c1. The topological polar surface area (TPSA) is 31.7 Å². The number of hydrogen-bond acceptors (Lipinski definition) is 2. The number of hydrogen-bond donors (Lipinski definition) is 0. The Bertz CT molecular complexity index is 1180. The van der Waals surface area contributed by atoms with Gasteiger partial charge in [-0.3, -0.25) is 0 Å². The molecular formula is C28H35FN4O. The van der Waals surface area contributed by atoms with Crippen molar-refractivity contribution in [2.45, 2.75) is 45.6 Å². The molecule has 0 unspecified atom stereocenters. The number of carbonyl (C=O) groups is 1. The maximum atomic E-state index is 14.7. The molecule has 1 aromatic heterocycles. The number of likely N-dealkylation sites (tertiary alicyclic amines) is 1. The number of fused-ring (bicyclic) bond motifs is 1. The van der Waals surface area contributed by atoms with Crippen molar-refractivity contribution < 1.29 is 9.18 Å². The van der Waals surface area contributed by atoms with Gasteiger partial charge in [0.05, 0.1) is 11.2 Å².